The van der Waals surface area contributed by atoms with E-state index in [4.69, 9.17) is 5.73 Å². The van der Waals surface area contributed by atoms with Crippen molar-refractivity contribution in [3.63, 3.8) is 0 Å². The fraction of sp³-hybridized carbons (Fsp3) is 0.333. The van der Waals surface area contributed by atoms with Gasteiger partial charge in [0.1, 0.15) is 5.69 Å². The number of hydrogen-bond donors (Lipinski definition) is 2. The summed E-state index contributed by atoms with van der Waals surface area (Å²) in [6.45, 7) is 5.94. The van der Waals surface area contributed by atoms with Crippen molar-refractivity contribution >= 4 is 5.91 Å². The molecular weight excluding hydrogens is 252 g/mol. The molecule has 0 aliphatic rings. The summed E-state index contributed by atoms with van der Waals surface area (Å²) in [5.41, 5.74) is 8.83. The second-order valence-corrected chi connectivity index (χ2v) is 4.82. The van der Waals surface area contributed by atoms with Crippen molar-refractivity contribution in [1.82, 2.24) is 15.1 Å². The minimum absolute atomic E-state index is 0.276. The SMILES string of the molecule is CCCNCc1cc(C)ccc1-n1ccc(C(N)=O)n1. The molecule has 0 unspecified atom stereocenters. The number of primary amides is 1. The molecule has 0 saturated carbocycles. The van der Waals surface area contributed by atoms with Gasteiger partial charge in [0.25, 0.3) is 5.91 Å². The van der Waals surface area contributed by atoms with Crippen molar-refractivity contribution < 1.29 is 4.79 Å². The zero-order valence-electron chi connectivity index (χ0n) is 11.9. The quantitative estimate of drug-likeness (QED) is 0.787. The molecule has 0 bridgehead atoms. The Bertz CT molecular complexity index is 604. The molecule has 5 heteroatoms. The van der Waals surface area contributed by atoms with Crippen LogP contribution in [0.1, 0.15) is 35.0 Å². The summed E-state index contributed by atoms with van der Waals surface area (Å²) >= 11 is 0. The molecule has 0 saturated heterocycles. The van der Waals surface area contributed by atoms with Crippen molar-refractivity contribution in [2.45, 2.75) is 26.8 Å². The number of hydrogen-bond acceptors (Lipinski definition) is 3. The van der Waals surface area contributed by atoms with E-state index in [1.54, 1.807) is 16.9 Å². The van der Waals surface area contributed by atoms with Crippen LogP contribution in [0.4, 0.5) is 0 Å². The molecule has 5 nitrogen and oxygen atoms in total. The van der Waals surface area contributed by atoms with Crippen molar-refractivity contribution in [1.29, 1.82) is 0 Å². The van der Waals surface area contributed by atoms with E-state index in [1.807, 2.05) is 12.1 Å². The number of nitrogens with one attached hydrogen (secondary N) is 1. The van der Waals surface area contributed by atoms with Crippen molar-refractivity contribution in [3.05, 3.63) is 47.3 Å². The third-order valence-corrected chi connectivity index (χ3v) is 3.07. The summed E-state index contributed by atoms with van der Waals surface area (Å²) in [5, 5.41) is 7.60. The first-order chi connectivity index (χ1) is 9.61. The Morgan fingerprint density at radius 2 is 2.20 bits per heavy atom. The molecule has 1 amide bonds. The molecule has 0 aliphatic carbocycles. The summed E-state index contributed by atoms with van der Waals surface area (Å²) in [4.78, 5) is 11.1. The van der Waals surface area contributed by atoms with Gasteiger partial charge < -0.3 is 11.1 Å². The lowest BCUT2D eigenvalue weighted by molar-refractivity contribution is 0.0995. The van der Waals surface area contributed by atoms with Crippen LogP contribution < -0.4 is 11.1 Å². The number of aryl methyl sites for hydroxylation is 1. The van der Waals surface area contributed by atoms with E-state index in [2.05, 4.69) is 30.3 Å². The number of nitrogens with zero attached hydrogens (tertiary/aromatic N) is 2. The van der Waals surface area contributed by atoms with Gasteiger partial charge in [-0.3, -0.25) is 4.79 Å². The van der Waals surface area contributed by atoms with Gasteiger partial charge in [-0.1, -0.05) is 24.6 Å². The Morgan fingerprint density at radius 1 is 1.40 bits per heavy atom. The van der Waals surface area contributed by atoms with Gasteiger partial charge in [0.05, 0.1) is 5.69 Å². The first-order valence-electron chi connectivity index (χ1n) is 6.78. The third kappa shape index (κ3) is 3.24. The van der Waals surface area contributed by atoms with Gasteiger partial charge in [-0.15, -0.1) is 0 Å². The van der Waals surface area contributed by atoms with Crippen LogP contribution in [-0.2, 0) is 6.54 Å². The van der Waals surface area contributed by atoms with Crippen LogP contribution in [0, 0.1) is 6.92 Å². The first-order valence-corrected chi connectivity index (χ1v) is 6.78. The summed E-state index contributed by atoms with van der Waals surface area (Å²) < 4.78 is 1.70. The van der Waals surface area contributed by atoms with Crippen molar-refractivity contribution in [2.75, 3.05) is 6.54 Å². The van der Waals surface area contributed by atoms with Crippen molar-refractivity contribution in [2.24, 2.45) is 5.73 Å². The molecule has 1 heterocycles. The highest BCUT2D eigenvalue weighted by Crippen LogP contribution is 2.16. The maximum absolute atomic E-state index is 11.1. The highest BCUT2D eigenvalue weighted by atomic mass is 16.1. The highest BCUT2D eigenvalue weighted by molar-refractivity contribution is 5.90. The van der Waals surface area contributed by atoms with Gasteiger partial charge in [0.2, 0.25) is 0 Å². The second kappa shape index (κ2) is 6.34. The number of nitrogens with two attached hydrogens (primary N) is 1. The maximum Gasteiger partial charge on any atom is 0.269 e. The van der Waals surface area contributed by atoms with Crippen LogP contribution in [-0.4, -0.2) is 22.2 Å². The number of amides is 1. The molecule has 106 valence electrons. The predicted octanol–water partition coefficient (Wildman–Crippen LogP) is 1.78. The van der Waals surface area contributed by atoms with Crippen LogP contribution in [0.3, 0.4) is 0 Å². The molecule has 2 aromatic rings. The Morgan fingerprint density at radius 3 is 2.85 bits per heavy atom. The highest BCUT2D eigenvalue weighted by Gasteiger charge is 2.09. The lowest BCUT2D eigenvalue weighted by Crippen LogP contribution is -2.16. The van der Waals surface area contributed by atoms with E-state index in [9.17, 15) is 4.79 Å². The van der Waals surface area contributed by atoms with Gasteiger partial charge >= 0.3 is 0 Å². The molecule has 2 rings (SSSR count). The Kier molecular flexibility index (Phi) is 4.53. The van der Waals surface area contributed by atoms with Crippen molar-refractivity contribution in [3.8, 4) is 5.69 Å². The molecular formula is C15H20N4O. The molecule has 0 atom stereocenters. The summed E-state index contributed by atoms with van der Waals surface area (Å²) in [6.07, 6.45) is 2.85. The predicted molar refractivity (Wildman–Crippen MR) is 78.8 cm³/mol. The standard InChI is InChI=1S/C15H20N4O/c1-3-7-17-10-12-9-11(2)4-5-14(12)19-8-6-13(18-19)15(16)20/h4-6,8-9,17H,3,7,10H2,1-2H3,(H2,16,20). The molecule has 0 radical (unpaired) electrons. The van der Waals surface area contributed by atoms with E-state index in [1.165, 1.54) is 5.56 Å². The summed E-state index contributed by atoms with van der Waals surface area (Å²) in [6, 6.07) is 7.80. The van der Waals surface area contributed by atoms with Gasteiger partial charge in [-0.25, -0.2) is 4.68 Å². The van der Waals surface area contributed by atoms with E-state index >= 15 is 0 Å². The molecule has 0 aliphatic heterocycles. The van der Waals surface area contributed by atoms with Gasteiger partial charge in [0.15, 0.2) is 0 Å². The van der Waals surface area contributed by atoms with E-state index in [0.29, 0.717) is 0 Å². The van der Waals surface area contributed by atoms with Crippen LogP contribution in [0.15, 0.2) is 30.5 Å². The molecule has 3 N–H and O–H groups in total. The summed E-state index contributed by atoms with van der Waals surface area (Å²) in [5.74, 6) is -0.512. The fourth-order valence-electron chi connectivity index (χ4n) is 2.07. The first kappa shape index (κ1) is 14.3. The molecule has 1 aromatic carbocycles. The Balaban J connectivity index is 2.31. The van der Waals surface area contributed by atoms with Gasteiger partial charge in [0, 0.05) is 12.7 Å². The van der Waals surface area contributed by atoms with E-state index in [-0.39, 0.29) is 5.69 Å². The van der Waals surface area contributed by atoms with Crippen LogP contribution in [0.25, 0.3) is 5.69 Å². The van der Waals surface area contributed by atoms with E-state index < -0.39 is 5.91 Å². The number of carbonyl (C=O) groups is 1. The number of carbonyl (C=O) groups excluding carboxylic acids is 1. The zero-order valence-corrected chi connectivity index (χ0v) is 11.9. The fourth-order valence-corrected chi connectivity index (χ4v) is 2.07. The lowest BCUT2D eigenvalue weighted by atomic mass is 10.1. The van der Waals surface area contributed by atoms with Crippen LogP contribution in [0.5, 0.6) is 0 Å². The minimum atomic E-state index is -0.512. The molecule has 0 spiro atoms. The monoisotopic (exact) mass is 272 g/mol. The number of aromatic nitrogens is 2. The largest absolute Gasteiger partial charge is 0.364 e. The van der Waals surface area contributed by atoms with Crippen LogP contribution in [0.2, 0.25) is 0 Å². The minimum Gasteiger partial charge on any atom is -0.364 e. The Labute approximate surface area is 118 Å². The normalized spacial score (nSPS) is 10.7. The Hall–Kier alpha value is -2.14. The number of rotatable bonds is 6. The number of benzene rings is 1. The lowest BCUT2D eigenvalue weighted by Gasteiger charge is -2.11. The topological polar surface area (TPSA) is 72.9 Å². The third-order valence-electron chi connectivity index (χ3n) is 3.07. The molecule has 0 fully saturated rings. The zero-order chi connectivity index (χ0) is 14.5. The maximum atomic E-state index is 11.1. The molecule has 20 heavy (non-hydrogen) atoms. The van der Waals surface area contributed by atoms with E-state index in [0.717, 1.165) is 30.8 Å². The van der Waals surface area contributed by atoms with Crippen LogP contribution >= 0.6 is 0 Å². The second-order valence-electron chi connectivity index (χ2n) is 4.82. The van der Waals surface area contributed by atoms with Gasteiger partial charge in [-0.05, 0) is 37.6 Å². The molecule has 1 aromatic heterocycles. The van der Waals surface area contributed by atoms with Gasteiger partial charge in [-0.2, -0.15) is 5.10 Å². The smallest absolute Gasteiger partial charge is 0.269 e. The average Bonchev–Trinajstić information content (AvgIpc) is 2.89. The average molecular weight is 272 g/mol. The summed E-state index contributed by atoms with van der Waals surface area (Å²) in [7, 11) is 0.